The SMILES string of the molecule is CCC(N1CCNC(c2cccc3sncc23)C1)n1nc2ccccc2n1. The van der Waals surface area contributed by atoms with Gasteiger partial charge in [0.25, 0.3) is 0 Å². The summed E-state index contributed by atoms with van der Waals surface area (Å²) >= 11 is 1.56. The predicted octanol–water partition coefficient (Wildman–Crippen LogP) is 3.60. The number of fused-ring (bicyclic) bond motifs is 2. The molecule has 2 atom stereocenters. The van der Waals surface area contributed by atoms with Crippen LogP contribution in [-0.4, -0.2) is 43.9 Å². The van der Waals surface area contributed by atoms with Crippen LogP contribution < -0.4 is 5.32 Å². The molecule has 6 nitrogen and oxygen atoms in total. The number of hydrogen-bond acceptors (Lipinski definition) is 6. The first-order valence-corrected chi connectivity index (χ1v) is 10.2. The van der Waals surface area contributed by atoms with Crippen molar-refractivity contribution in [3.8, 4) is 0 Å². The maximum atomic E-state index is 4.73. The highest BCUT2D eigenvalue weighted by Gasteiger charge is 2.28. The summed E-state index contributed by atoms with van der Waals surface area (Å²) in [5.41, 5.74) is 3.24. The Morgan fingerprint density at radius 3 is 2.74 bits per heavy atom. The third kappa shape index (κ3) is 3.01. The van der Waals surface area contributed by atoms with Crippen molar-refractivity contribution in [2.24, 2.45) is 0 Å². The molecule has 0 amide bonds. The van der Waals surface area contributed by atoms with Crippen LogP contribution >= 0.6 is 11.5 Å². The molecule has 1 fully saturated rings. The molecule has 0 bridgehead atoms. The van der Waals surface area contributed by atoms with Gasteiger partial charge in [-0.25, -0.2) is 0 Å². The Balaban J connectivity index is 1.44. The zero-order valence-electron chi connectivity index (χ0n) is 15.2. The second kappa shape index (κ2) is 6.99. The minimum Gasteiger partial charge on any atom is -0.308 e. The fourth-order valence-corrected chi connectivity index (χ4v) is 4.73. The summed E-state index contributed by atoms with van der Waals surface area (Å²) in [5.74, 6) is 0. The minimum absolute atomic E-state index is 0.168. The fraction of sp³-hybridized carbons (Fsp3) is 0.350. The van der Waals surface area contributed by atoms with E-state index in [4.69, 9.17) is 10.2 Å². The Kier molecular flexibility index (Phi) is 4.35. The Morgan fingerprint density at radius 1 is 1.15 bits per heavy atom. The van der Waals surface area contributed by atoms with E-state index in [0.29, 0.717) is 0 Å². The molecule has 0 aliphatic carbocycles. The van der Waals surface area contributed by atoms with Crippen LogP contribution in [0.15, 0.2) is 48.7 Å². The lowest BCUT2D eigenvalue weighted by Crippen LogP contribution is -2.48. The summed E-state index contributed by atoms with van der Waals surface area (Å²) in [6, 6.07) is 14.9. The van der Waals surface area contributed by atoms with Crippen LogP contribution in [0.5, 0.6) is 0 Å². The van der Waals surface area contributed by atoms with Gasteiger partial charge in [0, 0.05) is 37.3 Å². The molecular formula is C20H22N6S. The van der Waals surface area contributed by atoms with E-state index in [2.05, 4.69) is 39.7 Å². The summed E-state index contributed by atoms with van der Waals surface area (Å²) in [7, 11) is 0. The summed E-state index contributed by atoms with van der Waals surface area (Å²) < 4.78 is 5.62. The Morgan fingerprint density at radius 2 is 1.96 bits per heavy atom. The largest absolute Gasteiger partial charge is 0.308 e. The zero-order chi connectivity index (χ0) is 18.2. The summed E-state index contributed by atoms with van der Waals surface area (Å²) in [4.78, 5) is 4.40. The van der Waals surface area contributed by atoms with Gasteiger partial charge < -0.3 is 5.32 Å². The van der Waals surface area contributed by atoms with E-state index in [9.17, 15) is 0 Å². The Hall–Kier alpha value is -2.35. The molecule has 2 aromatic carbocycles. The monoisotopic (exact) mass is 378 g/mol. The van der Waals surface area contributed by atoms with Gasteiger partial charge in [-0.1, -0.05) is 31.2 Å². The average Bonchev–Trinajstić information content (AvgIpc) is 3.35. The molecule has 1 N–H and O–H groups in total. The van der Waals surface area contributed by atoms with E-state index in [1.54, 1.807) is 11.5 Å². The summed E-state index contributed by atoms with van der Waals surface area (Å²) in [5, 5.41) is 14.4. The molecule has 7 heteroatoms. The first-order chi connectivity index (χ1) is 13.3. The number of rotatable bonds is 4. The smallest absolute Gasteiger partial charge is 0.124 e. The molecule has 1 saturated heterocycles. The molecule has 4 aromatic rings. The van der Waals surface area contributed by atoms with Gasteiger partial charge in [0.15, 0.2) is 0 Å². The van der Waals surface area contributed by atoms with E-state index >= 15 is 0 Å². The van der Waals surface area contributed by atoms with Crippen molar-refractivity contribution in [2.75, 3.05) is 19.6 Å². The van der Waals surface area contributed by atoms with Crippen LogP contribution in [-0.2, 0) is 0 Å². The summed E-state index contributed by atoms with van der Waals surface area (Å²) in [6.45, 7) is 5.09. The van der Waals surface area contributed by atoms with Gasteiger partial charge in [0.1, 0.15) is 17.2 Å². The van der Waals surface area contributed by atoms with E-state index < -0.39 is 0 Å². The standard InChI is InChI=1S/C20H22N6S/c1-2-20(26-23-16-7-3-4-8-17(16)24-26)25-11-10-21-18(13-25)14-6-5-9-19-15(14)12-22-27-19/h3-9,12,18,20-21H,2,10-11,13H2,1H3. The number of nitrogens with one attached hydrogen (secondary N) is 1. The number of nitrogens with zero attached hydrogens (tertiary/aromatic N) is 5. The van der Waals surface area contributed by atoms with Crippen LogP contribution in [0.4, 0.5) is 0 Å². The normalized spacial score (nSPS) is 19.7. The Bertz CT molecular complexity index is 1040. The van der Waals surface area contributed by atoms with Crippen LogP contribution in [0.1, 0.15) is 31.1 Å². The van der Waals surface area contributed by atoms with Crippen LogP contribution in [0.2, 0.25) is 0 Å². The Labute approximate surface area is 162 Å². The molecule has 0 saturated carbocycles. The highest BCUT2D eigenvalue weighted by molar-refractivity contribution is 7.13. The van der Waals surface area contributed by atoms with Crippen molar-refractivity contribution in [1.82, 2.24) is 29.6 Å². The highest BCUT2D eigenvalue weighted by atomic mass is 32.1. The number of benzene rings is 2. The van der Waals surface area contributed by atoms with E-state index in [1.807, 2.05) is 35.3 Å². The molecule has 2 unspecified atom stereocenters. The van der Waals surface area contributed by atoms with Gasteiger partial charge in [0.05, 0.1) is 4.70 Å². The highest BCUT2D eigenvalue weighted by Crippen LogP contribution is 2.30. The number of piperazine rings is 1. The van der Waals surface area contributed by atoms with Gasteiger partial charge >= 0.3 is 0 Å². The summed E-state index contributed by atoms with van der Waals surface area (Å²) in [6.07, 6.45) is 3.13. The third-order valence-electron chi connectivity index (χ3n) is 5.37. The van der Waals surface area contributed by atoms with Crippen molar-refractivity contribution in [1.29, 1.82) is 0 Å². The topological polar surface area (TPSA) is 58.9 Å². The lowest BCUT2D eigenvalue weighted by molar-refractivity contribution is 0.0769. The fourth-order valence-electron chi connectivity index (χ4n) is 4.05. The third-order valence-corrected chi connectivity index (χ3v) is 6.13. The van der Waals surface area contributed by atoms with Gasteiger partial charge in [0.2, 0.25) is 0 Å². The van der Waals surface area contributed by atoms with Gasteiger partial charge in [-0.2, -0.15) is 19.4 Å². The first kappa shape index (κ1) is 16.8. The molecule has 0 radical (unpaired) electrons. The average molecular weight is 379 g/mol. The van der Waals surface area contributed by atoms with Crippen LogP contribution in [0.3, 0.4) is 0 Å². The number of hydrogen-bond donors (Lipinski definition) is 1. The second-order valence-corrected chi connectivity index (χ2v) is 7.82. The molecule has 3 heterocycles. The zero-order valence-corrected chi connectivity index (χ0v) is 16.1. The lowest BCUT2D eigenvalue weighted by Gasteiger charge is -2.38. The van der Waals surface area contributed by atoms with Gasteiger partial charge in [-0.05, 0) is 41.7 Å². The van der Waals surface area contributed by atoms with E-state index in [1.165, 1.54) is 15.6 Å². The molecular weight excluding hydrogens is 356 g/mol. The van der Waals surface area contributed by atoms with Gasteiger partial charge in [-0.15, -0.1) is 0 Å². The van der Waals surface area contributed by atoms with Crippen LogP contribution in [0, 0.1) is 0 Å². The molecule has 1 aliphatic heterocycles. The predicted molar refractivity (Wildman–Crippen MR) is 109 cm³/mol. The maximum absolute atomic E-state index is 4.73. The van der Waals surface area contributed by atoms with Crippen molar-refractivity contribution in [2.45, 2.75) is 25.6 Å². The second-order valence-electron chi connectivity index (χ2n) is 6.98. The molecule has 0 spiro atoms. The minimum atomic E-state index is 0.168. The van der Waals surface area contributed by atoms with Gasteiger partial charge in [-0.3, -0.25) is 4.90 Å². The first-order valence-electron chi connectivity index (χ1n) is 9.46. The van der Waals surface area contributed by atoms with Crippen molar-refractivity contribution in [3.05, 3.63) is 54.2 Å². The molecule has 1 aliphatic rings. The quantitative estimate of drug-likeness (QED) is 0.588. The van der Waals surface area contributed by atoms with E-state index in [-0.39, 0.29) is 12.2 Å². The molecule has 138 valence electrons. The molecule has 5 rings (SSSR count). The number of aromatic nitrogens is 4. The van der Waals surface area contributed by atoms with Crippen molar-refractivity contribution in [3.63, 3.8) is 0 Å². The van der Waals surface area contributed by atoms with Crippen LogP contribution in [0.25, 0.3) is 21.1 Å². The van der Waals surface area contributed by atoms with Crippen molar-refractivity contribution < 1.29 is 0 Å². The maximum Gasteiger partial charge on any atom is 0.124 e. The van der Waals surface area contributed by atoms with E-state index in [0.717, 1.165) is 37.1 Å². The molecule has 2 aromatic heterocycles. The lowest BCUT2D eigenvalue weighted by atomic mass is 10.0. The van der Waals surface area contributed by atoms with Crippen molar-refractivity contribution >= 4 is 32.7 Å². The molecule has 27 heavy (non-hydrogen) atoms.